The van der Waals surface area contributed by atoms with Gasteiger partial charge in [-0.1, -0.05) is 0 Å². The Kier molecular flexibility index (Phi) is 3.54. The molecule has 0 atom stereocenters. The zero-order valence-electron chi connectivity index (χ0n) is 7.95. The topological polar surface area (TPSA) is 82.3 Å². The fraction of sp³-hybridized carbons (Fsp3) is 0.286. The minimum absolute atomic E-state index is 0.379. The van der Waals surface area contributed by atoms with Gasteiger partial charge in [-0.05, 0) is 0 Å². The van der Waals surface area contributed by atoms with E-state index in [4.69, 9.17) is 16.4 Å². The van der Waals surface area contributed by atoms with Crippen molar-refractivity contribution in [2.75, 3.05) is 12.8 Å². The zero-order chi connectivity index (χ0) is 12.5. The lowest BCUT2D eigenvalue weighted by molar-refractivity contribution is 0.141. The Bertz CT molecular complexity index is 507. The number of anilines is 1. The first kappa shape index (κ1) is 12.9. The standard InChI is InChI=1S/C7H7ClF2N2O3S/c1-15-6-3(16(8,13)14)2-4(11)12-5(6)7(9)10/h2,7H,1H3,(H2,11,12). The highest BCUT2D eigenvalue weighted by molar-refractivity contribution is 8.13. The Hall–Kier alpha value is -1.15. The molecule has 0 saturated carbocycles. The average molecular weight is 273 g/mol. The molecule has 1 aromatic rings. The number of ether oxygens (including phenoxy) is 1. The number of nitrogen functional groups attached to an aromatic ring is 1. The van der Waals surface area contributed by atoms with Gasteiger partial charge in [-0.15, -0.1) is 0 Å². The highest BCUT2D eigenvalue weighted by atomic mass is 35.7. The first-order valence-electron chi connectivity index (χ1n) is 3.84. The van der Waals surface area contributed by atoms with Gasteiger partial charge in [-0.3, -0.25) is 0 Å². The monoisotopic (exact) mass is 272 g/mol. The van der Waals surface area contributed by atoms with Crippen LogP contribution in [0.15, 0.2) is 11.0 Å². The van der Waals surface area contributed by atoms with Crippen LogP contribution in [-0.2, 0) is 9.05 Å². The highest BCUT2D eigenvalue weighted by Gasteiger charge is 2.26. The lowest BCUT2D eigenvalue weighted by atomic mass is 10.3. The van der Waals surface area contributed by atoms with Crippen LogP contribution in [0.3, 0.4) is 0 Å². The number of rotatable bonds is 3. The first-order valence-corrected chi connectivity index (χ1v) is 6.15. The van der Waals surface area contributed by atoms with E-state index in [1.807, 2.05) is 0 Å². The molecule has 0 aliphatic heterocycles. The molecule has 1 aromatic heterocycles. The van der Waals surface area contributed by atoms with Gasteiger partial charge >= 0.3 is 0 Å². The van der Waals surface area contributed by atoms with Crippen LogP contribution >= 0.6 is 10.7 Å². The molecule has 0 fully saturated rings. The molecule has 16 heavy (non-hydrogen) atoms. The summed E-state index contributed by atoms with van der Waals surface area (Å²) in [6.07, 6.45) is -3.02. The molecule has 90 valence electrons. The van der Waals surface area contributed by atoms with E-state index in [1.165, 1.54) is 0 Å². The summed E-state index contributed by atoms with van der Waals surface area (Å²) in [7, 11) is 1.86. The number of nitrogens with two attached hydrogens (primary N) is 1. The molecule has 0 saturated heterocycles. The summed E-state index contributed by atoms with van der Waals surface area (Å²) in [5.74, 6) is -0.977. The van der Waals surface area contributed by atoms with E-state index in [9.17, 15) is 17.2 Å². The fourth-order valence-corrected chi connectivity index (χ4v) is 2.10. The van der Waals surface area contributed by atoms with Gasteiger partial charge in [0.1, 0.15) is 10.7 Å². The molecule has 1 heterocycles. The number of hydrogen-bond acceptors (Lipinski definition) is 5. The second-order valence-corrected chi connectivity index (χ2v) is 5.24. The van der Waals surface area contributed by atoms with Crippen LogP contribution in [0.2, 0.25) is 0 Å². The van der Waals surface area contributed by atoms with Crippen LogP contribution < -0.4 is 10.5 Å². The van der Waals surface area contributed by atoms with E-state index in [1.54, 1.807) is 0 Å². The van der Waals surface area contributed by atoms with Crippen LogP contribution in [-0.4, -0.2) is 20.5 Å². The normalized spacial score (nSPS) is 11.8. The van der Waals surface area contributed by atoms with Gasteiger partial charge in [0, 0.05) is 16.7 Å². The maximum Gasteiger partial charge on any atom is 0.284 e. The number of hydrogen-bond donors (Lipinski definition) is 1. The van der Waals surface area contributed by atoms with E-state index >= 15 is 0 Å². The fourth-order valence-electron chi connectivity index (χ4n) is 1.08. The van der Waals surface area contributed by atoms with E-state index in [0.717, 1.165) is 13.2 Å². The largest absolute Gasteiger partial charge is 0.493 e. The Morgan fingerprint density at radius 3 is 2.50 bits per heavy atom. The van der Waals surface area contributed by atoms with Crippen LogP contribution in [0.5, 0.6) is 5.75 Å². The van der Waals surface area contributed by atoms with Crippen molar-refractivity contribution in [1.82, 2.24) is 4.98 Å². The molecule has 9 heteroatoms. The Morgan fingerprint density at radius 1 is 1.56 bits per heavy atom. The van der Waals surface area contributed by atoms with Gasteiger partial charge in [0.25, 0.3) is 15.5 Å². The summed E-state index contributed by atoms with van der Waals surface area (Å²) in [5.41, 5.74) is 4.33. The third-order valence-electron chi connectivity index (χ3n) is 1.66. The van der Waals surface area contributed by atoms with Crippen LogP contribution in [0, 0.1) is 0 Å². The van der Waals surface area contributed by atoms with Crippen molar-refractivity contribution in [3.63, 3.8) is 0 Å². The minimum atomic E-state index is -4.23. The summed E-state index contributed by atoms with van der Waals surface area (Å²) >= 11 is 0. The second-order valence-electron chi connectivity index (χ2n) is 2.70. The predicted molar refractivity (Wildman–Crippen MR) is 53.2 cm³/mol. The van der Waals surface area contributed by atoms with Crippen molar-refractivity contribution in [3.8, 4) is 5.75 Å². The second kappa shape index (κ2) is 4.38. The maximum atomic E-state index is 12.5. The van der Waals surface area contributed by atoms with Gasteiger partial charge in [-0.25, -0.2) is 22.2 Å². The maximum absolute atomic E-state index is 12.5. The van der Waals surface area contributed by atoms with E-state index in [2.05, 4.69) is 9.72 Å². The van der Waals surface area contributed by atoms with Gasteiger partial charge < -0.3 is 10.5 Å². The van der Waals surface area contributed by atoms with Crippen LogP contribution in [0.25, 0.3) is 0 Å². The molecule has 1 rings (SSSR count). The quantitative estimate of drug-likeness (QED) is 0.844. The highest BCUT2D eigenvalue weighted by Crippen LogP contribution is 2.35. The number of pyridine rings is 1. The van der Waals surface area contributed by atoms with E-state index < -0.39 is 31.8 Å². The Balaban J connectivity index is 3.62. The summed E-state index contributed by atoms with van der Waals surface area (Å²) in [6, 6.07) is 0.854. The third kappa shape index (κ3) is 2.50. The third-order valence-corrected chi connectivity index (χ3v) is 2.99. The number of methoxy groups -OCH3 is 1. The van der Waals surface area contributed by atoms with Crippen molar-refractivity contribution in [2.24, 2.45) is 0 Å². The van der Waals surface area contributed by atoms with Gasteiger partial charge in [0.05, 0.1) is 7.11 Å². The molecule has 0 spiro atoms. The van der Waals surface area contributed by atoms with E-state index in [0.29, 0.717) is 0 Å². The molecular weight excluding hydrogens is 266 g/mol. The van der Waals surface area contributed by atoms with Crippen molar-refractivity contribution in [2.45, 2.75) is 11.3 Å². The van der Waals surface area contributed by atoms with E-state index in [-0.39, 0.29) is 5.82 Å². The molecule has 0 bridgehead atoms. The molecular formula is C7H7ClF2N2O3S. The number of halogens is 3. The number of alkyl halides is 2. The molecule has 5 nitrogen and oxygen atoms in total. The summed E-state index contributed by atoms with van der Waals surface area (Å²) in [4.78, 5) is 2.67. The summed E-state index contributed by atoms with van der Waals surface area (Å²) < 4.78 is 51.8. The number of aromatic nitrogens is 1. The Labute approximate surface area is 94.6 Å². The van der Waals surface area contributed by atoms with Crippen molar-refractivity contribution < 1.29 is 21.9 Å². The molecule has 0 radical (unpaired) electrons. The average Bonchev–Trinajstić information content (AvgIpc) is 2.14. The molecule has 0 unspecified atom stereocenters. The molecule has 0 aliphatic carbocycles. The van der Waals surface area contributed by atoms with Crippen molar-refractivity contribution in [1.29, 1.82) is 0 Å². The molecule has 0 aliphatic rings. The first-order chi connectivity index (χ1) is 7.27. The number of nitrogens with zero attached hydrogens (tertiary/aromatic N) is 1. The van der Waals surface area contributed by atoms with Crippen LogP contribution in [0.4, 0.5) is 14.6 Å². The smallest absolute Gasteiger partial charge is 0.284 e. The van der Waals surface area contributed by atoms with Crippen molar-refractivity contribution >= 4 is 25.6 Å². The van der Waals surface area contributed by atoms with Gasteiger partial charge in [0.15, 0.2) is 11.4 Å². The lowest BCUT2D eigenvalue weighted by Crippen LogP contribution is -2.06. The van der Waals surface area contributed by atoms with Gasteiger partial charge in [0.2, 0.25) is 0 Å². The Morgan fingerprint density at radius 2 is 2.12 bits per heavy atom. The zero-order valence-corrected chi connectivity index (χ0v) is 9.52. The van der Waals surface area contributed by atoms with Crippen LogP contribution in [0.1, 0.15) is 12.1 Å². The predicted octanol–water partition coefficient (Wildman–Crippen LogP) is 1.54. The molecule has 2 N–H and O–H groups in total. The SMILES string of the molecule is COc1c(S(=O)(=O)Cl)cc(N)nc1C(F)F. The van der Waals surface area contributed by atoms with Crippen molar-refractivity contribution in [3.05, 3.63) is 11.8 Å². The summed E-state index contributed by atoms with van der Waals surface area (Å²) in [6.45, 7) is 0. The summed E-state index contributed by atoms with van der Waals surface area (Å²) in [5, 5.41) is 0. The lowest BCUT2D eigenvalue weighted by Gasteiger charge is -2.11. The molecule has 0 amide bonds. The minimum Gasteiger partial charge on any atom is -0.493 e. The van der Waals surface area contributed by atoms with Gasteiger partial charge in [-0.2, -0.15) is 0 Å². The molecule has 0 aromatic carbocycles.